The van der Waals surface area contributed by atoms with E-state index in [4.69, 9.17) is 0 Å². The zero-order valence-corrected chi connectivity index (χ0v) is 14.1. The van der Waals surface area contributed by atoms with Gasteiger partial charge in [0, 0.05) is 24.8 Å². The Morgan fingerprint density at radius 2 is 1.96 bits per heavy atom. The van der Waals surface area contributed by atoms with Crippen molar-refractivity contribution in [2.24, 2.45) is 5.92 Å². The lowest BCUT2D eigenvalue weighted by atomic mass is 9.99. The van der Waals surface area contributed by atoms with E-state index >= 15 is 0 Å². The average molecular weight is 325 g/mol. The van der Waals surface area contributed by atoms with Crippen molar-refractivity contribution < 1.29 is 4.79 Å². The third-order valence-electron chi connectivity index (χ3n) is 4.28. The molecule has 6 nitrogen and oxygen atoms in total. The van der Waals surface area contributed by atoms with Gasteiger partial charge in [-0.15, -0.1) is 0 Å². The molecule has 0 aliphatic carbocycles. The van der Waals surface area contributed by atoms with E-state index in [0.717, 1.165) is 36.1 Å². The minimum absolute atomic E-state index is 0.308. The molecule has 0 atom stereocenters. The maximum Gasteiger partial charge on any atom is 0.324 e. The molecule has 1 aliphatic heterocycles. The average Bonchev–Trinajstić information content (AvgIpc) is 2.55. The van der Waals surface area contributed by atoms with Gasteiger partial charge in [-0.2, -0.15) is 0 Å². The fraction of sp³-hybridized carbons (Fsp3) is 0.389. The molecule has 6 heteroatoms. The summed E-state index contributed by atoms with van der Waals surface area (Å²) in [5.41, 5.74) is 1.85. The Labute approximate surface area is 142 Å². The molecule has 126 valence electrons. The second-order valence-corrected chi connectivity index (χ2v) is 6.38. The molecule has 24 heavy (non-hydrogen) atoms. The van der Waals surface area contributed by atoms with Crippen LogP contribution in [0.2, 0.25) is 0 Å². The molecule has 2 amide bonds. The molecule has 1 fully saturated rings. The van der Waals surface area contributed by atoms with Gasteiger partial charge in [-0.3, -0.25) is 5.32 Å². The van der Waals surface area contributed by atoms with Gasteiger partial charge >= 0.3 is 6.03 Å². The van der Waals surface area contributed by atoms with Crippen LogP contribution in [0.5, 0.6) is 0 Å². The standard InChI is InChI=1S/C18H23N5O/c1-13-6-8-23(9-7-13)17-11-16(19-12-20-17)22-18(24)21-15-5-3-4-14(2)10-15/h3-5,10-13H,6-9H2,1-2H3,(H2,19,20,21,22,24). The first kappa shape index (κ1) is 16.2. The zero-order valence-electron chi connectivity index (χ0n) is 14.1. The summed E-state index contributed by atoms with van der Waals surface area (Å²) in [7, 11) is 0. The molecular formula is C18H23N5O. The molecule has 1 aromatic heterocycles. The number of anilines is 3. The van der Waals surface area contributed by atoms with Gasteiger partial charge in [0.2, 0.25) is 0 Å². The second kappa shape index (κ2) is 7.29. The summed E-state index contributed by atoms with van der Waals surface area (Å²) >= 11 is 0. The number of rotatable bonds is 3. The van der Waals surface area contributed by atoms with Crippen LogP contribution in [-0.4, -0.2) is 29.1 Å². The molecular weight excluding hydrogens is 302 g/mol. The number of hydrogen-bond acceptors (Lipinski definition) is 4. The first-order valence-corrected chi connectivity index (χ1v) is 8.32. The molecule has 0 spiro atoms. The van der Waals surface area contributed by atoms with Gasteiger partial charge in [-0.05, 0) is 43.4 Å². The van der Waals surface area contributed by atoms with Crippen LogP contribution in [-0.2, 0) is 0 Å². The van der Waals surface area contributed by atoms with Gasteiger partial charge < -0.3 is 10.2 Å². The van der Waals surface area contributed by atoms with E-state index < -0.39 is 0 Å². The number of nitrogens with one attached hydrogen (secondary N) is 2. The number of carbonyl (C=O) groups is 1. The highest BCUT2D eigenvalue weighted by Crippen LogP contribution is 2.22. The fourth-order valence-corrected chi connectivity index (χ4v) is 2.83. The number of piperidine rings is 1. The van der Waals surface area contributed by atoms with E-state index in [1.165, 1.54) is 19.2 Å². The van der Waals surface area contributed by atoms with E-state index in [1.54, 1.807) is 0 Å². The maximum absolute atomic E-state index is 12.1. The number of urea groups is 1. The monoisotopic (exact) mass is 325 g/mol. The van der Waals surface area contributed by atoms with Crippen LogP contribution in [0.25, 0.3) is 0 Å². The zero-order chi connectivity index (χ0) is 16.9. The number of amides is 2. The van der Waals surface area contributed by atoms with Gasteiger partial charge in [-0.1, -0.05) is 19.1 Å². The molecule has 1 aromatic carbocycles. The van der Waals surface area contributed by atoms with Crippen molar-refractivity contribution in [2.75, 3.05) is 28.6 Å². The Balaban J connectivity index is 1.63. The van der Waals surface area contributed by atoms with E-state index in [2.05, 4.69) is 32.4 Å². The topological polar surface area (TPSA) is 70.2 Å². The van der Waals surface area contributed by atoms with Crippen LogP contribution in [0, 0.1) is 12.8 Å². The molecule has 0 unspecified atom stereocenters. The van der Waals surface area contributed by atoms with Crippen molar-refractivity contribution in [1.82, 2.24) is 9.97 Å². The molecule has 1 saturated heterocycles. The smallest absolute Gasteiger partial charge is 0.324 e. The summed E-state index contributed by atoms with van der Waals surface area (Å²) in [6.45, 7) is 6.25. The van der Waals surface area contributed by atoms with Gasteiger partial charge in [0.1, 0.15) is 18.0 Å². The highest BCUT2D eigenvalue weighted by atomic mass is 16.2. The molecule has 2 heterocycles. The van der Waals surface area contributed by atoms with E-state index in [9.17, 15) is 4.79 Å². The molecule has 3 rings (SSSR count). The van der Waals surface area contributed by atoms with E-state index in [1.807, 2.05) is 37.3 Å². The lowest BCUT2D eigenvalue weighted by Crippen LogP contribution is -2.33. The first-order chi connectivity index (χ1) is 11.6. The normalized spacial score (nSPS) is 15.2. The highest BCUT2D eigenvalue weighted by Gasteiger charge is 2.17. The molecule has 0 saturated carbocycles. The summed E-state index contributed by atoms with van der Waals surface area (Å²) in [5.74, 6) is 2.13. The number of carbonyl (C=O) groups excluding carboxylic acids is 1. The van der Waals surface area contributed by atoms with Crippen LogP contribution in [0.15, 0.2) is 36.7 Å². The van der Waals surface area contributed by atoms with Crippen LogP contribution in [0.4, 0.5) is 22.1 Å². The number of aryl methyl sites for hydroxylation is 1. The van der Waals surface area contributed by atoms with Crippen LogP contribution >= 0.6 is 0 Å². The van der Waals surface area contributed by atoms with Gasteiger partial charge in [0.15, 0.2) is 0 Å². The van der Waals surface area contributed by atoms with Crippen LogP contribution in [0.3, 0.4) is 0 Å². The molecule has 0 radical (unpaired) electrons. The van der Waals surface area contributed by atoms with Crippen molar-refractivity contribution in [3.05, 3.63) is 42.2 Å². The van der Waals surface area contributed by atoms with Gasteiger partial charge in [0.25, 0.3) is 0 Å². The summed E-state index contributed by atoms with van der Waals surface area (Å²) < 4.78 is 0. The molecule has 1 aliphatic rings. The van der Waals surface area contributed by atoms with Crippen molar-refractivity contribution in [1.29, 1.82) is 0 Å². The van der Waals surface area contributed by atoms with Gasteiger partial charge in [-0.25, -0.2) is 14.8 Å². The summed E-state index contributed by atoms with van der Waals surface area (Å²) in [5, 5.41) is 5.58. The fourth-order valence-electron chi connectivity index (χ4n) is 2.83. The third-order valence-corrected chi connectivity index (χ3v) is 4.28. The van der Waals surface area contributed by atoms with Crippen LogP contribution in [0.1, 0.15) is 25.3 Å². The minimum atomic E-state index is -0.308. The molecule has 2 N–H and O–H groups in total. The number of aromatic nitrogens is 2. The predicted molar refractivity (Wildman–Crippen MR) is 96.5 cm³/mol. The first-order valence-electron chi connectivity index (χ1n) is 8.32. The quantitative estimate of drug-likeness (QED) is 0.903. The third kappa shape index (κ3) is 4.22. The minimum Gasteiger partial charge on any atom is -0.356 e. The Kier molecular flexibility index (Phi) is 4.93. The number of hydrogen-bond donors (Lipinski definition) is 2. The second-order valence-electron chi connectivity index (χ2n) is 6.38. The van der Waals surface area contributed by atoms with Crippen molar-refractivity contribution >= 4 is 23.4 Å². The largest absolute Gasteiger partial charge is 0.356 e. The number of nitrogens with zero attached hydrogens (tertiary/aromatic N) is 3. The molecule has 0 bridgehead atoms. The predicted octanol–water partition coefficient (Wildman–Crippen LogP) is 3.67. The summed E-state index contributed by atoms with van der Waals surface area (Å²) in [4.78, 5) is 22.8. The number of benzene rings is 1. The highest BCUT2D eigenvalue weighted by molar-refractivity contribution is 5.99. The Morgan fingerprint density at radius 3 is 2.71 bits per heavy atom. The van der Waals surface area contributed by atoms with E-state index in [-0.39, 0.29) is 6.03 Å². The Hall–Kier alpha value is -2.63. The van der Waals surface area contributed by atoms with Crippen LogP contribution < -0.4 is 15.5 Å². The van der Waals surface area contributed by atoms with E-state index in [0.29, 0.717) is 5.82 Å². The lowest BCUT2D eigenvalue weighted by Gasteiger charge is -2.31. The summed E-state index contributed by atoms with van der Waals surface area (Å²) in [6, 6.07) is 9.18. The van der Waals surface area contributed by atoms with Crippen molar-refractivity contribution in [2.45, 2.75) is 26.7 Å². The Morgan fingerprint density at radius 1 is 1.17 bits per heavy atom. The van der Waals surface area contributed by atoms with Crippen molar-refractivity contribution in [3.63, 3.8) is 0 Å². The lowest BCUT2D eigenvalue weighted by molar-refractivity contribution is 0.262. The maximum atomic E-state index is 12.1. The SMILES string of the molecule is Cc1cccc(NC(=O)Nc2cc(N3CCC(C)CC3)ncn2)c1. The van der Waals surface area contributed by atoms with Gasteiger partial charge in [0.05, 0.1) is 0 Å². The summed E-state index contributed by atoms with van der Waals surface area (Å²) in [6.07, 6.45) is 3.83. The Bertz CT molecular complexity index is 710. The van der Waals surface area contributed by atoms with Crippen molar-refractivity contribution in [3.8, 4) is 0 Å². The molecule has 2 aromatic rings.